The standard InChI is InChI=1S/C34H42N5O3/c1-23(2)27-15-11-12-16-29(27)39-30-22-36(21-26-13-9-8-10-14-26)18-17-28(30)31(35-32(39)40)37-19-25(4)38(20-24(37)3)33(41)42-34(5,6)7/h8-18,22-25H,19-21H2,1-7H3/q+1/t24-,25+/m0/s1. The minimum atomic E-state index is -0.569. The van der Waals surface area contributed by atoms with Crippen LogP contribution < -0.4 is 15.2 Å². The molecule has 1 aliphatic rings. The number of anilines is 1. The van der Waals surface area contributed by atoms with E-state index in [1.807, 2.05) is 64.1 Å². The number of hydrogen-bond donors (Lipinski definition) is 0. The van der Waals surface area contributed by atoms with Gasteiger partial charge >= 0.3 is 11.8 Å². The third-order valence-electron chi connectivity index (χ3n) is 7.77. The lowest BCUT2D eigenvalue weighted by Gasteiger charge is -2.44. The van der Waals surface area contributed by atoms with Gasteiger partial charge in [-0.3, -0.25) is 4.57 Å². The van der Waals surface area contributed by atoms with Crippen molar-refractivity contribution in [3.8, 4) is 5.69 Å². The van der Waals surface area contributed by atoms with Crippen molar-refractivity contribution >= 4 is 22.8 Å². The number of ether oxygens (including phenoxy) is 1. The van der Waals surface area contributed by atoms with Crippen molar-refractivity contribution in [1.29, 1.82) is 0 Å². The van der Waals surface area contributed by atoms with Crippen molar-refractivity contribution in [3.05, 3.63) is 94.7 Å². The zero-order chi connectivity index (χ0) is 30.2. The highest BCUT2D eigenvalue weighted by Gasteiger charge is 2.36. The molecule has 1 amide bonds. The second kappa shape index (κ2) is 11.6. The number of carbonyl (C=O) groups excluding carboxylic acids is 1. The van der Waals surface area contributed by atoms with Crippen LogP contribution in [0.15, 0.2) is 77.9 Å². The number of nitrogens with zero attached hydrogens (tertiary/aromatic N) is 5. The number of piperazine rings is 1. The summed E-state index contributed by atoms with van der Waals surface area (Å²) in [6.07, 6.45) is 3.79. The summed E-state index contributed by atoms with van der Waals surface area (Å²) in [5, 5.41) is 0.891. The SMILES string of the molecule is CC(C)c1ccccc1-n1c(=O)nc(N2C[C@@H](C)N(C(=O)OC(C)(C)C)C[C@@H]2C)c2cc[n+](Cc3ccccc3)cc21. The zero-order valence-corrected chi connectivity index (χ0v) is 25.7. The van der Waals surface area contributed by atoms with Crippen LogP contribution in [0.3, 0.4) is 0 Å². The fourth-order valence-electron chi connectivity index (χ4n) is 5.72. The molecule has 0 N–H and O–H groups in total. The number of carbonyl (C=O) groups is 1. The van der Waals surface area contributed by atoms with E-state index in [0.29, 0.717) is 25.5 Å². The normalized spacial score (nSPS) is 17.6. The smallest absolute Gasteiger partial charge is 0.410 e. The molecule has 1 aliphatic heterocycles. The molecule has 2 aromatic carbocycles. The Morgan fingerprint density at radius 2 is 1.69 bits per heavy atom. The third kappa shape index (κ3) is 6.03. The summed E-state index contributed by atoms with van der Waals surface area (Å²) in [6.45, 7) is 15.7. The van der Waals surface area contributed by atoms with Gasteiger partial charge in [0.25, 0.3) is 0 Å². The van der Waals surface area contributed by atoms with Crippen LogP contribution in [-0.2, 0) is 11.3 Å². The van der Waals surface area contributed by atoms with Gasteiger partial charge in [0.1, 0.15) is 16.9 Å². The van der Waals surface area contributed by atoms with Crippen LogP contribution in [0.1, 0.15) is 65.5 Å². The summed E-state index contributed by atoms with van der Waals surface area (Å²) in [7, 11) is 0. The first-order valence-corrected chi connectivity index (χ1v) is 14.8. The zero-order valence-electron chi connectivity index (χ0n) is 25.7. The Labute approximate surface area is 248 Å². The Balaban J connectivity index is 1.62. The molecule has 220 valence electrons. The highest BCUT2D eigenvalue weighted by Crippen LogP contribution is 2.31. The largest absolute Gasteiger partial charge is 0.444 e. The monoisotopic (exact) mass is 568 g/mol. The number of hydrogen-bond acceptors (Lipinski definition) is 5. The predicted octanol–water partition coefficient (Wildman–Crippen LogP) is 5.68. The van der Waals surface area contributed by atoms with Gasteiger partial charge in [-0.05, 0) is 52.2 Å². The van der Waals surface area contributed by atoms with Gasteiger partial charge in [0.15, 0.2) is 18.9 Å². The maximum Gasteiger partial charge on any atom is 0.410 e. The van der Waals surface area contributed by atoms with Crippen LogP contribution in [0.4, 0.5) is 10.6 Å². The van der Waals surface area contributed by atoms with E-state index in [2.05, 4.69) is 66.9 Å². The fraction of sp³-hybridized carbons (Fsp3) is 0.412. The van der Waals surface area contributed by atoms with Crippen LogP contribution >= 0.6 is 0 Å². The molecule has 0 unspecified atom stereocenters. The number of aromatic nitrogens is 3. The lowest BCUT2D eigenvalue weighted by atomic mass is 10.0. The van der Waals surface area contributed by atoms with Gasteiger partial charge in [0, 0.05) is 36.8 Å². The van der Waals surface area contributed by atoms with Gasteiger partial charge in [-0.25, -0.2) is 9.59 Å². The first-order chi connectivity index (χ1) is 19.9. The first kappa shape index (κ1) is 29.3. The number of amides is 1. The second-order valence-electron chi connectivity index (χ2n) is 12.7. The van der Waals surface area contributed by atoms with Crippen LogP contribution in [0.2, 0.25) is 0 Å². The molecule has 3 heterocycles. The minimum Gasteiger partial charge on any atom is -0.444 e. The van der Waals surface area contributed by atoms with E-state index < -0.39 is 5.60 Å². The molecule has 0 saturated carbocycles. The van der Waals surface area contributed by atoms with Crippen molar-refractivity contribution in [3.63, 3.8) is 0 Å². The van der Waals surface area contributed by atoms with Crippen molar-refractivity contribution in [2.24, 2.45) is 0 Å². The number of pyridine rings is 1. The highest BCUT2D eigenvalue weighted by atomic mass is 16.6. The summed E-state index contributed by atoms with van der Waals surface area (Å²) >= 11 is 0. The Morgan fingerprint density at radius 1 is 1.00 bits per heavy atom. The molecule has 1 saturated heterocycles. The molecule has 4 aromatic rings. The molecule has 0 spiro atoms. The van der Waals surface area contributed by atoms with Gasteiger partial charge in [0.2, 0.25) is 0 Å². The van der Waals surface area contributed by atoms with Crippen LogP contribution in [0.25, 0.3) is 16.6 Å². The lowest BCUT2D eigenvalue weighted by molar-refractivity contribution is -0.687. The first-order valence-electron chi connectivity index (χ1n) is 14.8. The van der Waals surface area contributed by atoms with Gasteiger partial charge in [-0.1, -0.05) is 62.4 Å². The van der Waals surface area contributed by atoms with E-state index in [1.54, 1.807) is 9.47 Å². The van der Waals surface area contributed by atoms with E-state index in [0.717, 1.165) is 22.2 Å². The molecule has 8 heteroatoms. The molecule has 0 bridgehead atoms. The second-order valence-corrected chi connectivity index (χ2v) is 12.7. The van der Waals surface area contributed by atoms with E-state index in [1.165, 1.54) is 5.56 Å². The third-order valence-corrected chi connectivity index (χ3v) is 7.77. The number of para-hydroxylation sites is 1. The summed E-state index contributed by atoms with van der Waals surface area (Å²) in [4.78, 5) is 35.6. The van der Waals surface area contributed by atoms with Crippen molar-refractivity contribution in [1.82, 2.24) is 14.5 Å². The molecular formula is C34H42N5O3+. The Morgan fingerprint density at radius 3 is 2.38 bits per heavy atom. The minimum absolute atomic E-state index is 0.0701. The molecule has 0 radical (unpaired) electrons. The molecule has 1 fully saturated rings. The average molecular weight is 569 g/mol. The van der Waals surface area contributed by atoms with Gasteiger partial charge in [-0.15, -0.1) is 0 Å². The molecule has 42 heavy (non-hydrogen) atoms. The van der Waals surface area contributed by atoms with Crippen LogP contribution in [-0.4, -0.2) is 51.3 Å². The summed E-state index contributed by atoms with van der Waals surface area (Å²) in [5.74, 6) is 0.869. The van der Waals surface area contributed by atoms with Crippen molar-refractivity contribution in [2.75, 3.05) is 18.0 Å². The maximum atomic E-state index is 14.0. The number of benzene rings is 2. The van der Waals surface area contributed by atoms with Crippen LogP contribution in [0.5, 0.6) is 0 Å². The van der Waals surface area contributed by atoms with E-state index >= 15 is 0 Å². The number of rotatable bonds is 5. The Hall–Kier alpha value is -4.20. The van der Waals surface area contributed by atoms with E-state index in [9.17, 15) is 9.59 Å². The Bertz CT molecular complexity index is 1640. The lowest BCUT2D eigenvalue weighted by Crippen LogP contribution is -2.59. The van der Waals surface area contributed by atoms with Gasteiger partial charge in [0.05, 0.1) is 11.1 Å². The highest BCUT2D eigenvalue weighted by molar-refractivity contribution is 5.90. The summed E-state index contributed by atoms with van der Waals surface area (Å²) < 4.78 is 9.54. The maximum absolute atomic E-state index is 14.0. The van der Waals surface area contributed by atoms with Gasteiger partial charge in [-0.2, -0.15) is 9.55 Å². The van der Waals surface area contributed by atoms with E-state index in [-0.39, 0.29) is 29.8 Å². The van der Waals surface area contributed by atoms with Gasteiger partial charge < -0.3 is 14.5 Å². The van der Waals surface area contributed by atoms with Crippen molar-refractivity contribution in [2.45, 2.75) is 78.6 Å². The molecular weight excluding hydrogens is 526 g/mol. The molecule has 0 aliphatic carbocycles. The quantitative estimate of drug-likeness (QED) is 0.290. The van der Waals surface area contributed by atoms with E-state index in [4.69, 9.17) is 9.72 Å². The van der Waals surface area contributed by atoms with Crippen LogP contribution in [0, 0.1) is 0 Å². The fourth-order valence-corrected chi connectivity index (χ4v) is 5.72. The topological polar surface area (TPSA) is 71.5 Å². The predicted molar refractivity (Wildman–Crippen MR) is 166 cm³/mol. The van der Waals surface area contributed by atoms with Crippen molar-refractivity contribution < 1.29 is 14.1 Å². The molecule has 2 atom stereocenters. The summed E-state index contributed by atoms with van der Waals surface area (Å²) in [5.41, 5.74) is 3.01. The Kier molecular flexibility index (Phi) is 8.08. The molecule has 2 aromatic heterocycles. The average Bonchev–Trinajstić information content (AvgIpc) is 2.93. The molecule has 8 nitrogen and oxygen atoms in total. The number of fused-ring (bicyclic) bond motifs is 1. The molecule has 5 rings (SSSR count). The summed E-state index contributed by atoms with van der Waals surface area (Å²) in [6, 6.07) is 20.2.